The van der Waals surface area contributed by atoms with E-state index in [1.807, 2.05) is 35.6 Å². The Morgan fingerprint density at radius 3 is 2.52 bits per heavy atom. The van der Waals surface area contributed by atoms with Crippen LogP contribution in [0.15, 0.2) is 48.5 Å². The van der Waals surface area contributed by atoms with E-state index in [2.05, 4.69) is 42.2 Å². The van der Waals surface area contributed by atoms with Crippen LogP contribution in [0.5, 0.6) is 0 Å². The van der Waals surface area contributed by atoms with Crippen molar-refractivity contribution < 1.29 is 0 Å². The van der Waals surface area contributed by atoms with Gasteiger partial charge >= 0.3 is 0 Å². The number of rotatable bonds is 2. The van der Waals surface area contributed by atoms with Crippen molar-refractivity contribution in [2.75, 3.05) is 0 Å². The Hall–Kier alpha value is -2.90. The van der Waals surface area contributed by atoms with Gasteiger partial charge in [-0.05, 0) is 42.7 Å². The number of nitrogens with zero attached hydrogens (tertiary/aromatic N) is 2. The second kappa shape index (κ2) is 5.87. The summed E-state index contributed by atoms with van der Waals surface area (Å²) < 4.78 is 2.77. The van der Waals surface area contributed by atoms with E-state index in [0.29, 0.717) is 5.56 Å². The Morgan fingerprint density at radius 1 is 1.08 bits per heavy atom. The quantitative estimate of drug-likeness (QED) is 0.507. The molecule has 4 heteroatoms. The van der Waals surface area contributed by atoms with Crippen LogP contribution in [0.25, 0.3) is 16.7 Å². The fourth-order valence-electron chi connectivity index (χ4n) is 3.34. The number of para-hydroxylation sites is 2. The van der Waals surface area contributed by atoms with Crippen LogP contribution in [-0.2, 0) is 6.42 Å². The number of aryl methyl sites for hydroxylation is 1. The molecule has 2 aromatic carbocycles. The predicted molar refractivity (Wildman–Crippen MR) is 104 cm³/mol. The van der Waals surface area contributed by atoms with Crippen LogP contribution in [0.2, 0.25) is 0 Å². The highest BCUT2D eigenvalue weighted by Crippen LogP contribution is 2.27. The molecule has 122 valence electrons. The normalized spacial score (nSPS) is 11.1. The molecule has 3 nitrogen and oxygen atoms in total. The Labute approximate surface area is 151 Å². The summed E-state index contributed by atoms with van der Waals surface area (Å²) in [6.07, 6.45) is 0.724. The molecule has 2 aromatic heterocycles. The summed E-state index contributed by atoms with van der Waals surface area (Å²) in [5.41, 5.74) is 7.85. The Kier molecular flexibility index (Phi) is 3.67. The highest BCUT2D eigenvalue weighted by Gasteiger charge is 2.16. The van der Waals surface area contributed by atoms with E-state index in [1.165, 1.54) is 11.1 Å². The zero-order valence-electron chi connectivity index (χ0n) is 14.1. The highest BCUT2D eigenvalue weighted by molar-refractivity contribution is 7.71. The van der Waals surface area contributed by atoms with Gasteiger partial charge in [0.2, 0.25) is 0 Å². The van der Waals surface area contributed by atoms with Crippen molar-refractivity contribution in [1.82, 2.24) is 9.38 Å². The van der Waals surface area contributed by atoms with E-state index in [4.69, 9.17) is 12.2 Å². The van der Waals surface area contributed by atoms with Crippen LogP contribution < -0.4 is 0 Å². The maximum absolute atomic E-state index is 9.74. The van der Waals surface area contributed by atoms with Gasteiger partial charge in [-0.15, -0.1) is 0 Å². The molecular weight excluding hydrogens is 326 g/mol. The molecule has 2 heterocycles. The number of hydrogen-bond acceptors (Lipinski definition) is 2. The molecule has 0 unspecified atom stereocenters. The van der Waals surface area contributed by atoms with Gasteiger partial charge in [0, 0.05) is 6.42 Å². The van der Waals surface area contributed by atoms with Crippen molar-refractivity contribution in [1.29, 1.82) is 5.26 Å². The topological polar surface area (TPSA) is 44.0 Å². The fraction of sp³-hybridized carbons (Fsp3) is 0.143. The Bertz CT molecular complexity index is 1200. The lowest BCUT2D eigenvalue weighted by atomic mass is 9.98. The number of H-pyrrole nitrogens is 1. The third-order valence-corrected chi connectivity index (χ3v) is 5.19. The molecule has 0 spiro atoms. The van der Waals surface area contributed by atoms with Gasteiger partial charge in [-0.3, -0.25) is 4.40 Å². The van der Waals surface area contributed by atoms with Crippen molar-refractivity contribution >= 4 is 28.9 Å². The van der Waals surface area contributed by atoms with Gasteiger partial charge in [0.05, 0.1) is 16.6 Å². The number of fused-ring (bicyclic) bond motifs is 3. The smallest absolute Gasteiger partial charge is 0.134 e. The third-order valence-electron chi connectivity index (χ3n) is 4.76. The average Bonchev–Trinajstić information content (AvgIpc) is 3.00. The van der Waals surface area contributed by atoms with Crippen molar-refractivity contribution in [3.8, 4) is 6.07 Å². The van der Waals surface area contributed by atoms with Crippen molar-refractivity contribution in [2.45, 2.75) is 20.3 Å². The molecular formula is C21H17N3S. The highest BCUT2D eigenvalue weighted by atomic mass is 32.1. The van der Waals surface area contributed by atoms with Gasteiger partial charge in [0.25, 0.3) is 0 Å². The maximum atomic E-state index is 9.74. The van der Waals surface area contributed by atoms with Gasteiger partial charge in [0.1, 0.15) is 16.4 Å². The summed E-state index contributed by atoms with van der Waals surface area (Å²) in [6.45, 7) is 4.07. The first-order valence-corrected chi connectivity index (χ1v) is 8.61. The zero-order chi connectivity index (χ0) is 17.6. The van der Waals surface area contributed by atoms with E-state index < -0.39 is 0 Å². The largest absolute Gasteiger partial charge is 0.338 e. The van der Waals surface area contributed by atoms with E-state index in [9.17, 15) is 5.26 Å². The predicted octanol–water partition coefficient (Wildman–Crippen LogP) is 5.23. The van der Waals surface area contributed by atoms with E-state index in [1.54, 1.807) is 0 Å². The molecule has 0 radical (unpaired) electrons. The molecule has 0 aliphatic carbocycles. The van der Waals surface area contributed by atoms with Gasteiger partial charge in [-0.2, -0.15) is 5.26 Å². The maximum Gasteiger partial charge on any atom is 0.134 e. The number of aromatic amines is 1. The van der Waals surface area contributed by atoms with Crippen molar-refractivity contribution in [3.05, 3.63) is 81.0 Å². The third kappa shape index (κ3) is 2.45. The molecule has 4 aromatic rings. The van der Waals surface area contributed by atoms with Crippen LogP contribution in [-0.4, -0.2) is 9.38 Å². The number of benzene rings is 2. The molecule has 0 aliphatic rings. The van der Waals surface area contributed by atoms with Crippen molar-refractivity contribution in [3.63, 3.8) is 0 Å². The van der Waals surface area contributed by atoms with Gasteiger partial charge in [0.15, 0.2) is 0 Å². The Balaban J connectivity index is 2.04. The lowest BCUT2D eigenvalue weighted by Crippen LogP contribution is -2.03. The summed E-state index contributed by atoms with van der Waals surface area (Å²) in [5.74, 6) is 0. The van der Waals surface area contributed by atoms with Gasteiger partial charge in [-0.1, -0.05) is 54.2 Å². The first kappa shape index (κ1) is 15.6. The monoisotopic (exact) mass is 343 g/mol. The second-order valence-corrected chi connectivity index (χ2v) is 6.77. The minimum absolute atomic E-state index is 0.659. The van der Waals surface area contributed by atoms with Crippen LogP contribution in [0.1, 0.15) is 27.8 Å². The summed E-state index contributed by atoms with van der Waals surface area (Å²) in [7, 11) is 0. The van der Waals surface area contributed by atoms with E-state index in [-0.39, 0.29) is 0 Å². The number of nitrogens with one attached hydrogen (secondary N) is 1. The summed E-state index contributed by atoms with van der Waals surface area (Å²) >= 11 is 5.83. The summed E-state index contributed by atoms with van der Waals surface area (Å²) in [5, 5.41) is 9.74. The molecule has 0 saturated heterocycles. The standard InChI is InChI=1S/C21H17N3S/c1-13-7-9-15(10-8-13)11-16-14(2)17(12-22)20-23-18-5-3-4-6-19(18)24(20)21(16)25/h3-10,23H,11H2,1-2H3. The zero-order valence-corrected chi connectivity index (χ0v) is 14.9. The average molecular weight is 343 g/mol. The SMILES string of the molecule is Cc1ccc(Cc2c(C)c(C#N)c3[nH]c4ccccc4n3c2=S)cc1. The summed E-state index contributed by atoms with van der Waals surface area (Å²) in [4.78, 5) is 3.35. The number of aromatic nitrogens is 2. The first-order chi connectivity index (χ1) is 12.1. The molecule has 1 N–H and O–H groups in total. The first-order valence-electron chi connectivity index (χ1n) is 8.20. The minimum atomic E-state index is 0.659. The number of pyridine rings is 1. The number of imidazole rings is 1. The van der Waals surface area contributed by atoms with E-state index >= 15 is 0 Å². The number of nitriles is 1. The molecule has 0 bridgehead atoms. The molecule has 0 fully saturated rings. The van der Waals surface area contributed by atoms with Gasteiger partial charge < -0.3 is 4.98 Å². The fourth-order valence-corrected chi connectivity index (χ4v) is 3.76. The number of hydrogen-bond donors (Lipinski definition) is 1. The molecule has 25 heavy (non-hydrogen) atoms. The van der Waals surface area contributed by atoms with Crippen LogP contribution >= 0.6 is 12.2 Å². The Morgan fingerprint density at radius 2 is 1.80 bits per heavy atom. The second-order valence-electron chi connectivity index (χ2n) is 6.38. The minimum Gasteiger partial charge on any atom is -0.338 e. The molecule has 0 amide bonds. The van der Waals surface area contributed by atoms with Crippen LogP contribution in [0.4, 0.5) is 0 Å². The molecule has 0 atom stereocenters. The van der Waals surface area contributed by atoms with Gasteiger partial charge in [-0.25, -0.2) is 0 Å². The summed E-state index contributed by atoms with van der Waals surface area (Å²) in [6, 6.07) is 18.8. The van der Waals surface area contributed by atoms with Crippen molar-refractivity contribution in [2.24, 2.45) is 0 Å². The van der Waals surface area contributed by atoms with Crippen LogP contribution in [0, 0.1) is 29.8 Å². The lowest BCUT2D eigenvalue weighted by molar-refractivity contribution is 1.06. The molecule has 4 rings (SSSR count). The molecule has 0 saturated carbocycles. The van der Waals surface area contributed by atoms with E-state index in [0.717, 1.165) is 38.9 Å². The van der Waals surface area contributed by atoms with Crippen LogP contribution in [0.3, 0.4) is 0 Å². The molecule has 0 aliphatic heterocycles. The lowest BCUT2D eigenvalue weighted by Gasteiger charge is -2.11.